The van der Waals surface area contributed by atoms with Crippen LogP contribution < -0.4 is 11.1 Å². The van der Waals surface area contributed by atoms with Gasteiger partial charge < -0.3 is 11.1 Å². The number of unbranched alkanes of at least 4 members (excludes halogenated alkanes) is 16. The predicted octanol–water partition coefficient (Wildman–Crippen LogP) is 6.93. The summed E-state index contributed by atoms with van der Waals surface area (Å²) in [5, 5.41) is 3.15. The van der Waals surface area contributed by atoms with Gasteiger partial charge in [-0.3, -0.25) is 4.79 Å². The van der Waals surface area contributed by atoms with Crippen LogP contribution in [-0.2, 0) is 4.79 Å². The van der Waals surface area contributed by atoms with Crippen molar-refractivity contribution in [3.8, 4) is 23.7 Å². The lowest BCUT2D eigenvalue weighted by molar-refractivity contribution is -0.120. The molecule has 0 aromatic carbocycles. The molecule has 184 valence electrons. The Morgan fingerprint density at radius 1 is 0.688 bits per heavy atom. The van der Waals surface area contributed by atoms with E-state index in [9.17, 15) is 4.79 Å². The van der Waals surface area contributed by atoms with Crippen LogP contribution in [0.1, 0.15) is 136 Å². The number of rotatable bonds is 22. The van der Waals surface area contributed by atoms with E-state index in [-0.39, 0.29) is 11.8 Å². The van der Waals surface area contributed by atoms with Crippen LogP contribution in [0.5, 0.6) is 0 Å². The second-order valence-electron chi connectivity index (χ2n) is 8.97. The maximum atomic E-state index is 12.0. The summed E-state index contributed by atoms with van der Waals surface area (Å²) in [5.74, 6) is 12.7. The zero-order chi connectivity index (χ0) is 23.5. The third-order valence-corrected chi connectivity index (χ3v) is 5.94. The van der Waals surface area contributed by atoms with Gasteiger partial charge >= 0.3 is 0 Å². The molecular formula is C29H52N2O. The third-order valence-electron chi connectivity index (χ3n) is 5.94. The van der Waals surface area contributed by atoms with Crippen LogP contribution in [-0.4, -0.2) is 24.9 Å². The van der Waals surface area contributed by atoms with Gasteiger partial charge in [0.1, 0.15) is 0 Å². The number of ketones is 1. The van der Waals surface area contributed by atoms with Crippen molar-refractivity contribution in [3.05, 3.63) is 0 Å². The minimum Gasteiger partial charge on any atom is -0.328 e. The van der Waals surface area contributed by atoms with E-state index in [1.54, 1.807) is 0 Å². The number of nitrogens with two attached hydrogens (primary N) is 1. The molecule has 0 aliphatic carbocycles. The van der Waals surface area contributed by atoms with Gasteiger partial charge in [0.15, 0.2) is 5.78 Å². The molecule has 0 aromatic heterocycles. The van der Waals surface area contributed by atoms with Crippen LogP contribution >= 0.6 is 0 Å². The molecule has 1 unspecified atom stereocenters. The van der Waals surface area contributed by atoms with Crippen LogP contribution in [0.15, 0.2) is 0 Å². The highest BCUT2D eigenvalue weighted by molar-refractivity contribution is 5.84. The molecule has 3 N–H and O–H groups in total. The highest BCUT2D eigenvalue weighted by Gasteiger charge is 2.14. The lowest BCUT2D eigenvalue weighted by atomic mass is 10.0. The number of nitrogens with one attached hydrogen (secondary N) is 1. The van der Waals surface area contributed by atoms with E-state index in [2.05, 4.69) is 35.9 Å². The summed E-state index contributed by atoms with van der Waals surface area (Å²) in [6, 6.07) is -0.156. The number of carbonyl (C=O) groups is 1. The molecule has 0 aliphatic rings. The zero-order valence-corrected chi connectivity index (χ0v) is 21.4. The summed E-state index contributed by atoms with van der Waals surface area (Å²) >= 11 is 0. The second-order valence-corrected chi connectivity index (χ2v) is 8.97. The summed E-state index contributed by atoms with van der Waals surface area (Å²) in [5.41, 5.74) is 5.64. The Morgan fingerprint density at radius 3 is 1.56 bits per heavy atom. The Hall–Kier alpha value is -1.29. The molecule has 1 atom stereocenters. The minimum absolute atomic E-state index is 0.156. The van der Waals surface area contributed by atoms with Crippen molar-refractivity contribution in [1.82, 2.24) is 5.32 Å². The second kappa shape index (κ2) is 26.0. The summed E-state index contributed by atoms with van der Waals surface area (Å²) < 4.78 is 0. The van der Waals surface area contributed by atoms with Crippen molar-refractivity contribution >= 4 is 5.78 Å². The summed E-state index contributed by atoms with van der Waals surface area (Å²) in [6.07, 6.45) is 23.2. The monoisotopic (exact) mass is 444 g/mol. The number of carbonyl (C=O) groups excluding carboxylic acids is 1. The van der Waals surface area contributed by atoms with Gasteiger partial charge in [-0.2, -0.15) is 0 Å². The van der Waals surface area contributed by atoms with Crippen LogP contribution in [0.4, 0.5) is 0 Å². The van der Waals surface area contributed by atoms with Gasteiger partial charge in [0.2, 0.25) is 0 Å². The van der Waals surface area contributed by atoms with Crippen LogP contribution in [0, 0.1) is 23.7 Å². The summed E-state index contributed by atoms with van der Waals surface area (Å²) in [6.45, 7) is 5.47. The van der Waals surface area contributed by atoms with E-state index in [1.807, 2.05) is 6.92 Å². The number of hydrogen-bond donors (Lipinski definition) is 2. The van der Waals surface area contributed by atoms with Gasteiger partial charge in [0.05, 0.1) is 6.04 Å². The van der Waals surface area contributed by atoms with E-state index in [0.717, 1.165) is 38.6 Å². The Labute approximate surface area is 200 Å². The number of Topliss-reactive ketones (excluding diaryl/α,β-unsaturated/α-hetero) is 1. The molecule has 32 heavy (non-hydrogen) atoms. The molecular weight excluding hydrogens is 392 g/mol. The largest absolute Gasteiger partial charge is 0.328 e. The van der Waals surface area contributed by atoms with Gasteiger partial charge in [0, 0.05) is 25.8 Å². The number of likely N-dealkylation sites (N-methyl/N-ethyl adjacent to an activating group) is 1. The van der Waals surface area contributed by atoms with Gasteiger partial charge in [-0.25, -0.2) is 0 Å². The first-order valence-electron chi connectivity index (χ1n) is 13.7. The quantitative estimate of drug-likeness (QED) is 0.141. The fraction of sp³-hybridized carbons (Fsp3) is 0.828. The molecule has 0 aromatic rings. The van der Waals surface area contributed by atoms with Gasteiger partial charge in [-0.15, -0.1) is 0 Å². The lowest BCUT2D eigenvalue weighted by Gasteiger charge is -2.13. The van der Waals surface area contributed by atoms with Crippen molar-refractivity contribution in [1.29, 1.82) is 0 Å². The predicted molar refractivity (Wildman–Crippen MR) is 140 cm³/mol. The van der Waals surface area contributed by atoms with Crippen molar-refractivity contribution in [2.24, 2.45) is 5.73 Å². The lowest BCUT2D eigenvalue weighted by Crippen LogP contribution is -2.42. The van der Waals surface area contributed by atoms with Crippen molar-refractivity contribution in [2.45, 2.75) is 142 Å². The normalized spacial score (nSPS) is 11.3. The van der Waals surface area contributed by atoms with E-state index in [0.29, 0.717) is 13.0 Å². The topological polar surface area (TPSA) is 55.1 Å². The molecule has 0 radical (unpaired) electrons. The Morgan fingerprint density at radius 2 is 1.12 bits per heavy atom. The molecule has 0 saturated heterocycles. The first-order chi connectivity index (χ1) is 15.8. The minimum atomic E-state index is -0.156. The summed E-state index contributed by atoms with van der Waals surface area (Å²) in [7, 11) is 0. The Bertz CT molecular complexity index is 535. The SMILES string of the molecule is CCCCCCCCCCCCC#CC#CCCCCCCCCC(=O)C(CN)NCC. The van der Waals surface area contributed by atoms with Crippen molar-refractivity contribution in [3.63, 3.8) is 0 Å². The third kappa shape index (κ3) is 21.9. The molecule has 0 aliphatic heterocycles. The number of hydrogen-bond acceptors (Lipinski definition) is 3. The molecule has 3 heteroatoms. The average molecular weight is 445 g/mol. The Balaban J connectivity index is 3.39. The standard InChI is InChI=1S/C29H52N2O/c1-3-5-6-7-8-9-10-11-12-13-14-15-16-17-18-19-20-21-22-23-24-25-26-29(32)28(27-30)31-4-2/h28,31H,3-14,19-27,30H2,1-2H3. The Kier molecular flexibility index (Phi) is 24.9. The first kappa shape index (κ1) is 30.7. The van der Waals surface area contributed by atoms with Crippen LogP contribution in [0.2, 0.25) is 0 Å². The van der Waals surface area contributed by atoms with Crippen LogP contribution in [0.25, 0.3) is 0 Å². The highest BCUT2D eigenvalue weighted by Crippen LogP contribution is 2.11. The molecule has 0 spiro atoms. The van der Waals surface area contributed by atoms with Crippen LogP contribution in [0.3, 0.4) is 0 Å². The maximum Gasteiger partial charge on any atom is 0.151 e. The first-order valence-corrected chi connectivity index (χ1v) is 13.7. The smallest absolute Gasteiger partial charge is 0.151 e. The highest BCUT2D eigenvalue weighted by atomic mass is 16.1. The molecule has 0 fully saturated rings. The van der Waals surface area contributed by atoms with E-state index in [1.165, 1.54) is 83.5 Å². The van der Waals surface area contributed by atoms with Crippen molar-refractivity contribution < 1.29 is 4.79 Å². The van der Waals surface area contributed by atoms with Gasteiger partial charge in [0.25, 0.3) is 0 Å². The fourth-order valence-corrected chi connectivity index (χ4v) is 3.88. The molecule has 0 bridgehead atoms. The van der Waals surface area contributed by atoms with E-state index >= 15 is 0 Å². The fourth-order valence-electron chi connectivity index (χ4n) is 3.88. The van der Waals surface area contributed by atoms with E-state index in [4.69, 9.17) is 5.73 Å². The summed E-state index contributed by atoms with van der Waals surface area (Å²) in [4.78, 5) is 12.0. The molecule has 3 nitrogen and oxygen atoms in total. The van der Waals surface area contributed by atoms with E-state index < -0.39 is 0 Å². The molecule has 0 amide bonds. The average Bonchev–Trinajstić information content (AvgIpc) is 2.80. The molecule has 0 saturated carbocycles. The zero-order valence-electron chi connectivity index (χ0n) is 21.4. The molecule has 0 heterocycles. The van der Waals surface area contributed by atoms with Crippen molar-refractivity contribution in [2.75, 3.05) is 13.1 Å². The maximum absolute atomic E-state index is 12.0. The molecule has 0 rings (SSSR count). The van der Waals surface area contributed by atoms with Gasteiger partial charge in [-0.1, -0.05) is 109 Å². The van der Waals surface area contributed by atoms with Gasteiger partial charge in [-0.05, 0) is 37.6 Å².